The fourth-order valence-electron chi connectivity index (χ4n) is 3.88. The first-order chi connectivity index (χ1) is 15.0. The molecule has 0 bridgehead atoms. The molecule has 2 aromatic carbocycles. The number of nitrogens with one attached hydrogen (secondary N) is 1. The number of carbonyl (C=O) groups excluding carboxylic acids is 1. The van der Waals surface area contributed by atoms with Crippen LogP contribution in [0.3, 0.4) is 0 Å². The Kier molecular flexibility index (Phi) is 5.80. The maximum Gasteiger partial charge on any atom is 0.303 e. The van der Waals surface area contributed by atoms with Crippen molar-refractivity contribution in [3.05, 3.63) is 71.4 Å². The van der Waals surface area contributed by atoms with Crippen LogP contribution in [-0.2, 0) is 16.1 Å². The summed E-state index contributed by atoms with van der Waals surface area (Å²) >= 11 is 0. The minimum absolute atomic E-state index is 0.203. The molecule has 1 aromatic heterocycles. The largest absolute Gasteiger partial charge is 0.486 e. The number of esters is 1. The van der Waals surface area contributed by atoms with Gasteiger partial charge < -0.3 is 19.5 Å². The predicted octanol–water partition coefficient (Wildman–Crippen LogP) is 5.06. The molecule has 2 heterocycles. The highest BCUT2D eigenvalue weighted by Gasteiger charge is 2.33. The van der Waals surface area contributed by atoms with Crippen molar-refractivity contribution in [2.75, 3.05) is 12.4 Å². The first-order valence-electron chi connectivity index (χ1n) is 10.3. The molecule has 0 spiro atoms. The van der Waals surface area contributed by atoms with Crippen LogP contribution in [0.1, 0.15) is 36.6 Å². The molecule has 0 saturated heterocycles. The number of aromatic nitrogens is 1. The van der Waals surface area contributed by atoms with E-state index in [0.29, 0.717) is 12.4 Å². The number of hydrogen-bond acceptors (Lipinski definition) is 6. The molecule has 0 fully saturated rings. The van der Waals surface area contributed by atoms with Crippen molar-refractivity contribution in [3.63, 3.8) is 0 Å². The van der Waals surface area contributed by atoms with Crippen molar-refractivity contribution >= 4 is 11.7 Å². The van der Waals surface area contributed by atoms with E-state index in [1.807, 2.05) is 43.5 Å². The Balaban J connectivity index is 1.50. The van der Waals surface area contributed by atoms with Gasteiger partial charge in [0, 0.05) is 48.6 Å². The summed E-state index contributed by atoms with van der Waals surface area (Å²) in [5.74, 6) is 1.04. The molecule has 6 nitrogen and oxygen atoms in total. The number of anilines is 1. The summed E-state index contributed by atoms with van der Waals surface area (Å²) in [6, 6.07) is 16.1. The highest BCUT2D eigenvalue weighted by Crippen LogP contribution is 2.40. The average molecular weight is 418 g/mol. The van der Waals surface area contributed by atoms with E-state index in [9.17, 15) is 4.79 Å². The average Bonchev–Trinajstić information content (AvgIpc) is 3.07. The molecule has 0 amide bonds. The van der Waals surface area contributed by atoms with Crippen molar-refractivity contribution in [1.82, 2.24) is 4.98 Å². The van der Waals surface area contributed by atoms with Crippen LogP contribution < -0.4 is 14.8 Å². The highest BCUT2D eigenvalue weighted by atomic mass is 16.6. The zero-order valence-electron chi connectivity index (χ0n) is 18.1. The monoisotopic (exact) mass is 418 g/mol. The molecule has 6 heteroatoms. The molecule has 4 rings (SSSR count). The first-order valence-corrected chi connectivity index (χ1v) is 10.3. The van der Waals surface area contributed by atoms with Crippen molar-refractivity contribution in [3.8, 4) is 22.8 Å². The molecule has 1 aliphatic rings. The summed E-state index contributed by atoms with van der Waals surface area (Å²) < 4.78 is 16.5. The molecular formula is C25H26N2O4. The molecule has 1 unspecified atom stereocenters. The molecule has 1 aliphatic heterocycles. The van der Waals surface area contributed by atoms with Crippen molar-refractivity contribution in [2.24, 2.45) is 0 Å². The number of methoxy groups -OCH3 is 1. The second-order valence-corrected chi connectivity index (χ2v) is 7.64. The highest BCUT2D eigenvalue weighted by molar-refractivity contribution is 5.69. The minimum Gasteiger partial charge on any atom is -0.486 e. The van der Waals surface area contributed by atoms with Crippen LogP contribution in [0, 0.1) is 6.92 Å². The molecule has 0 saturated carbocycles. The van der Waals surface area contributed by atoms with Crippen LogP contribution in [-0.4, -0.2) is 24.2 Å². The van der Waals surface area contributed by atoms with Crippen molar-refractivity contribution in [2.45, 2.75) is 39.5 Å². The smallest absolute Gasteiger partial charge is 0.303 e. The van der Waals surface area contributed by atoms with E-state index in [-0.39, 0.29) is 18.2 Å². The number of carbonyl (C=O) groups is 1. The summed E-state index contributed by atoms with van der Waals surface area (Å²) in [4.78, 5) is 15.7. The maximum atomic E-state index is 11.4. The van der Waals surface area contributed by atoms with E-state index in [0.717, 1.165) is 28.1 Å². The van der Waals surface area contributed by atoms with Crippen LogP contribution in [0.2, 0.25) is 0 Å². The van der Waals surface area contributed by atoms with Gasteiger partial charge in [-0.1, -0.05) is 18.2 Å². The normalized spacial score (nSPS) is 16.9. The second kappa shape index (κ2) is 8.68. The van der Waals surface area contributed by atoms with Gasteiger partial charge in [0.15, 0.2) is 6.10 Å². The van der Waals surface area contributed by atoms with E-state index < -0.39 is 0 Å². The third-order valence-electron chi connectivity index (χ3n) is 5.54. The number of nitrogens with zero attached hydrogens (tertiary/aromatic N) is 1. The van der Waals surface area contributed by atoms with Gasteiger partial charge in [0.2, 0.25) is 5.88 Å². The molecule has 31 heavy (non-hydrogen) atoms. The lowest BCUT2D eigenvalue weighted by Gasteiger charge is -2.14. The lowest BCUT2D eigenvalue weighted by Crippen LogP contribution is -2.18. The van der Waals surface area contributed by atoms with Crippen molar-refractivity contribution < 1.29 is 19.0 Å². The van der Waals surface area contributed by atoms with Crippen molar-refractivity contribution in [1.29, 1.82) is 0 Å². The SMILES string of the molecule is COc1ccc(-c2cccc(CNc3ccc4c(c3)OC(C)[C@H]4OC(C)=O)c2C)cn1. The fourth-order valence-corrected chi connectivity index (χ4v) is 3.88. The summed E-state index contributed by atoms with van der Waals surface area (Å²) in [7, 11) is 1.61. The standard InChI is InChI=1S/C25H26N2O4/c1-15-18(6-5-7-21(15)19-8-11-24(29-4)27-14-19)13-26-20-9-10-22-23(12-20)30-16(2)25(22)31-17(3)28/h5-12,14,16,25-26H,13H2,1-4H3/t16?,25-/m1/s1. The Labute approximate surface area is 182 Å². The van der Waals surface area contributed by atoms with Gasteiger partial charge >= 0.3 is 5.97 Å². The van der Waals surface area contributed by atoms with E-state index in [1.54, 1.807) is 7.11 Å². The van der Waals surface area contributed by atoms with E-state index >= 15 is 0 Å². The van der Waals surface area contributed by atoms with Gasteiger partial charge in [-0.15, -0.1) is 0 Å². The van der Waals surface area contributed by atoms with Crippen LogP contribution >= 0.6 is 0 Å². The third-order valence-corrected chi connectivity index (χ3v) is 5.54. The molecular weight excluding hydrogens is 392 g/mol. The van der Waals surface area contributed by atoms with Crippen LogP contribution in [0.25, 0.3) is 11.1 Å². The van der Waals surface area contributed by atoms with Gasteiger partial charge in [0.1, 0.15) is 11.9 Å². The van der Waals surface area contributed by atoms with Crippen LogP contribution in [0.5, 0.6) is 11.6 Å². The Morgan fingerprint density at radius 2 is 2.03 bits per heavy atom. The number of pyridine rings is 1. The van der Waals surface area contributed by atoms with E-state index in [2.05, 4.69) is 35.4 Å². The number of rotatable bonds is 6. The molecule has 3 aromatic rings. The fraction of sp³-hybridized carbons (Fsp3) is 0.280. The van der Waals surface area contributed by atoms with Gasteiger partial charge in [-0.2, -0.15) is 0 Å². The van der Waals surface area contributed by atoms with Crippen LogP contribution in [0.15, 0.2) is 54.7 Å². The van der Waals surface area contributed by atoms with Crippen LogP contribution in [0.4, 0.5) is 5.69 Å². The maximum absolute atomic E-state index is 11.4. The molecule has 0 aliphatic carbocycles. The summed E-state index contributed by atoms with van der Waals surface area (Å²) in [5, 5.41) is 3.48. The first kappa shape index (κ1) is 20.7. The van der Waals surface area contributed by atoms with Gasteiger partial charge in [0.05, 0.1) is 7.11 Å². The van der Waals surface area contributed by atoms with E-state index in [4.69, 9.17) is 14.2 Å². The van der Waals surface area contributed by atoms with Gasteiger partial charge in [-0.3, -0.25) is 4.79 Å². The predicted molar refractivity (Wildman–Crippen MR) is 119 cm³/mol. The second-order valence-electron chi connectivity index (χ2n) is 7.64. The summed E-state index contributed by atoms with van der Waals surface area (Å²) in [5.41, 5.74) is 6.44. The molecule has 0 radical (unpaired) electrons. The molecule has 2 atom stereocenters. The topological polar surface area (TPSA) is 69.7 Å². The summed E-state index contributed by atoms with van der Waals surface area (Å²) in [6.07, 6.45) is 1.27. The minimum atomic E-state index is -0.362. The Bertz CT molecular complexity index is 1100. The Morgan fingerprint density at radius 3 is 2.74 bits per heavy atom. The lowest BCUT2D eigenvalue weighted by molar-refractivity contribution is -0.149. The molecule has 1 N–H and O–H groups in total. The number of benzene rings is 2. The van der Waals surface area contributed by atoms with E-state index in [1.165, 1.54) is 18.1 Å². The van der Waals surface area contributed by atoms with Gasteiger partial charge in [-0.25, -0.2) is 4.98 Å². The molecule has 160 valence electrons. The Hall–Kier alpha value is -3.54. The lowest BCUT2D eigenvalue weighted by atomic mass is 9.97. The van der Waals surface area contributed by atoms with Gasteiger partial charge in [-0.05, 0) is 48.7 Å². The number of fused-ring (bicyclic) bond motifs is 1. The number of ether oxygens (including phenoxy) is 3. The number of hydrogen-bond donors (Lipinski definition) is 1. The summed E-state index contributed by atoms with van der Waals surface area (Å²) in [6.45, 7) is 6.11. The zero-order chi connectivity index (χ0) is 22.0. The Morgan fingerprint density at radius 1 is 1.19 bits per heavy atom. The van der Waals surface area contributed by atoms with Gasteiger partial charge in [0.25, 0.3) is 0 Å². The quantitative estimate of drug-likeness (QED) is 0.564. The zero-order valence-corrected chi connectivity index (χ0v) is 18.1. The third kappa shape index (κ3) is 4.33.